The van der Waals surface area contributed by atoms with Gasteiger partial charge in [0.2, 0.25) is 0 Å². The van der Waals surface area contributed by atoms with Crippen LogP contribution in [-0.2, 0) is 0 Å². The molecule has 0 bridgehead atoms. The number of hydrogen-bond donors (Lipinski definition) is 1. The van der Waals surface area contributed by atoms with Crippen molar-refractivity contribution in [2.75, 3.05) is 33.2 Å². The quantitative estimate of drug-likeness (QED) is 0.911. The van der Waals surface area contributed by atoms with Crippen molar-refractivity contribution in [2.45, 2.75) is 0 Å². The van der Waals surface area contributed by atoms with Crippen LogP contribution in [-0.4, -0.2) is 49.0 Å². The van der Waals surface area contributed by atoms with Crippen molar-refractivity contribution in [3.05, 3.63) is 34.5 Å². The summed E-state index contributed by atoms with van der Waals surface area (Å²) in [6.45, 7) is 3.56. The predicted octanol–water partition coefficient (Wildman–Crippen LogP) is 2.09. The Kier molecular flexibility index (Phi) is 3.78. The first kappa shape index (κ1) is 13.6. The molecule has 0 unspecified atom stereocenters. The Morgan fingerprint density at radius 1 is 1.25 bits per heavy atom. The van der Waals surface area contributed by atoms with Crippen molar-refractivity contribution in [3.63, 3.8) is 0 Å². The molecule has 0 saturated carbocycles. The fourth-order valence-corrected chi connectivity index (χ4v) is 2.62. The number of nitrogens with zero attached hydrogens (tertiary/aromatic N) is 2. The maximum Gasteiger partial charge on any atom is 0.301 e. The number of furan rings is 1. The number of amides is 1. The fraction of sp³-hybridized carbons (Fsp3) is 0.357. The summed E-state index contributed by atoms with van der Waals surface area (Å²) in [6.07, 6.45) is 0. The number of likely N-dealkylation sites (N-methyl/N-ethyl adjacent to an activating group) is 1. The van der Waals surface area contributed by atoms with Gasteiger partial charge in [-0.2, -0.15) is 0 Å². The summed E-state index contributed by atoms with van der Waals surface area (Å²) in [5, 5.41) is 2.86. The lowest BCUT2D eigenvalue weighted by Gasteiger charge is -2.32. The van der Waals surface area contributed by atoms with Gasteiger partial charge in [-0.15, -0.1) is 0 Å². The summed E-state index contributed by atoms with van der Waals surface area (Å²) >= 11 is 3.41. The Morgan fingerprint density at radius 2 is 2.00 bits per heavy atom. The molecule has 0 aliphatic carbocycles. The average Bonchev–Trinajstić information content (AvgIpc) is 2.84. The van der Waals surface area contributed by atoms with E-state index in [1.165, 1.54) is 0 Å². The Morgan fingerprint density at radius 3 is 2.75 bits per heavy atom. The number of benzene rings is 1. The summed E-state index contributed by atoms with van der Waals surface area (Å²) in [4.78, 5) is 14.4. The zero-order valence-electron chi connectivity index (χ0n) is 11.2. The molecule has 1 aliphatic rings. The number of hydrogen-bond acceptors (Lipinski definition) is 4. The first-order valence-corrected chi connectivity index (χ1v) is 7.35. The third-order valence-corrected chi connectivity index (χ3v) is 3.96. The van der Waals surface area contributed by atoms with Gasteiger partial charge in [-0.1, -0.05) is 15.9 Å². The van der Waals surface area contributed by atoms with E-state index in [9.17, 15) is 4.79 Å². The molecule has 1 aliphatic heterocycles. The normalized spacial score (nSPS) is 17.5. The predicted molar refractivity (Wildman–Crippen MR) is 80.5 cm³/mol. The lowest BCUT2D eigenvalue weighted by atomic mass is 10.2. The van der Waals surface area contributed by atoms with Crippen LogP contribution in [0.15, 0.2) is 33.2 Å². The minimum Gasteiger partial charge on any atom is -0.451 e. The highest BCUT2D eigenvalue weighted by Crippen LogP contribution is 2.23. The number of hydrazine groups is 1. The van der Waals surface area contributed by atoms with Crippen LogP contribution in [0.4, 0.5) is 0 Å². The van der Waals surface area contributed by atoms with E-state index in [1.54, 1.807) is 6.07 Å². The second-order valence-electron chi connectivity index (χ2n) is 5.02. The van der Waals surface area contributed by atoms with E-state index >= 15 is 0 Å². The number of carbonyl (C=O) groups is 1. The summed E-state index contributed by atoms with van der Waals surface area (Å²) in [7, 11) is 2.08. The first-order valence-electron chi connectivity index (χ1n) is 6.55. The highest BCUT2D eigenvalue weighted by Gasteiger charge is 2.18. The molecule has 0 spiro atoms. The molecular weight excluding hydrogens is 322 g/mol. The van der Waals surface area contributed by atoms with Gasteiger partial charge in [0.15, 0.2) is 5.76 Å². The first-order chi connectivity index (χ1) is 9.61. The Bertz CT molecular complexity index is 632. The smallest absolute Gasteiger partial charge is 0.301 e. The molecular formula is C14H16BrN3O2. The maximum absolute atomic E-state index is 12.2. The van der Waals surface area contributed by atoms with Gasteiger partial charge in [-0.25, -0.2) is 5.01 Å². The molecule has 1 aromatic carbocycles. The minimum absolute atomic E-state index is 0.193. The Balaban J connectivity index is 1.72. The second kappa shape index (κ2) is 5.55. The number of rotatable bonds is 2. The van der Waals surface area contributed by atoms with Gasteiger partial charge >= 0.3 is 5.91 Å². The third kappa shape index (κ3) is 2.87. The number of fused-ring (bicyclic) bond motifs is 1. The average molecular weight is 338 g/mol. The van der Waals surface area contributed by atoms with E-state index in [2.05, 4.69) is 33.3 Å². The molecule has 1 aromatic heterocycles. The highest BCUT2D eigenvalue weighted by molar-refractivity contribution is 9.10. The summed E-state index contributed by atoms with van der Waals surface area (Å²) in [5.41, 5.74) is 3.61. The molecule has 2 aromatic rings. The number of piperazine rings is 1. The fourth-order valence-electron chi connectivity index (χ4n) is 2.24. The topological polar surface area (TPSA) is 48.7 Å². The Hall–Kier alpha value is -1.37. The van der Waals surface area contributed by atoms with Crippen molar-refractivity contribution in [3.8, 4) is 0 Å². The molecule has 2 heterocycles. The lowest BCUT2D eigenvalue weighted by molar-refractivity contribution is 0.0639. The third-order valence-electron chi connectivity index (χ3n) is 3.47. The second-order valence-corrected chi connectivity index (χ2v) is 5.94. The van der Waals surface area contributed by atoms with Crippen LogP contribution in [0.1, 0.15) is 10.6 Å². The van der Waals surface area contributed by atoms with Gasteiger partial charge < -0.3 is 9.32 Å². The van der Waals surface area contributed by atoms with Crippen molar-refractivity contribution < 1.29 is 9.21 Å². The monoisotopic (exact) mass is 337 g/mol. The molecule has 1 saturated heterocycles. The van der Waals surface area contributed by atoms with E-state index in [4.69, 9.17) is 4.42 Å². The lowest BCUT2D eigenvalue weighted by Crippen LogP contribution is -2.52. The van der Waals surface area contributed by atoms with E-state index in [1.807, 2.05) is 23.2 Å². The number of carbonyl (C=O) groups excluding carboxylic acids is 1. The minimum atomic E-state index is -0.193. The van der Waals surface area contributed by atoms with E-state index in [0.29, 0.717) is 5.76 Å². The van der Waals surface area contributed by atoms with Gasteiger partial charge in [0, 0.05) is 36.0 Å². The van der Waals surface area contributed by atoms with Crippen molar-refractivity contribution in [2.24, 2.45) is 0 Å². The molecule has 106 valence electrons. The van der Waals surface area contributed by atoms with Crippen molar-refractivity contribution >= 4 is 32.8 Å². The molecule has 3 rings (SSSR count). The molecule has 0 radical (unpaired) electrons. The molecule has 1 fully saturated rings. The molecule has 20 heavy (non-hydrogen) atoms. The molecule has 5 nitrogen and oxygen atoms in total. The van der Waals surface area contributed by atoms with Crippen LogP contribution < -0.4 is 5.43 Å². The van der Waals surface area contributed by atoms with Crippen LogP contribution in [0.25, 0.3) is 11.0 Å². The molecule has 1 amide bonds. The van der Waals surface area contributed by atoms with Crippen LogP contribution >= 0.6 is 15.9 Å². The highest BCUT2D eigenvalue weighted by atomic mass is 79.9. The SMILES string of the molecule is CN1CCN(NC(=O)c2cc3cc(Br)ccc3o2)CC1. The molecule has 1 N–H and O–H groups in total. The van der Waals surface area contributed by atoms with E-state index in [0.717, 1.165) is 41.6 Å². The molecule has 6 heteroatoms. The van der Waals surface area contributed by atoms with Gasteiger partial charge in [0.05, 0.1) is 0 Å². The summed E-state index contributed by atoms with van der Waals surface area (Å²) < 4.78 is 6.55. The zero-order chi connectivity index (χ0) is 14.1. The number of nitrogens with one attached hydrogen (secondary N) is 1. The number of halogens is 1. The van der Waals surface area contributed by atoms with Crippen LogP contribution in [0, 0.1) is 0 Å². The summed E-state index contributed by atoms with van der Waals surface area (Å²) in [5.74, 6) is 0.152. The van der Waals surface area contributed by atoms with E-state index in [-0.39, 0.29) is 5.91 Å². The van der Waals surface area contributed by atoms with Crippen molar-refractivity contribution in [1.29, 1.82) is 0 Å². The van der Waals surface area contributed by atoms with Crippen LogP contribution in [0.2, 0.25) is 0 Å². The molecule has 0 atom stereocenters. The Labute approximate surface area is 125 Å². The summed E-state index contributed by atoms with van der Waals surface area (Å²) in [6, 6.07) is 7.46. The van der Waals surface area contributed by atoms with Gasteiger partial charge in [0.1, 0.15) is 5.58 Å². The standard InChI is InChI=1S/C14H16BrN3O2/c1-17-4-6-18(7-5-17)16-14(19)13-9-10-8-11(15)2-3-12(10)20-13/h2-3,8-9H,4-7H2,1H3,(H,16,19). The van der Waals surface area contributed by atoms with Crippen LogP contribution in [0.5, 0.6) is 0 Å². The van der Waals surface area contributed by atoms with Gasteiger partial charge in [0.25, 0.3) is 0 Å². The van der Waals surface area contributed by atoms with Crippen molar-refractivity contribution in [1.82, 2.24) is 15.3 Å². The van der Waals surface area contributed by atoms with Gasteiger partial charge in [-0.3, -0.25) is 10.2 Å². The van der Waals surface area contributed by atoms with E-state index < -0.39 is 0 Å². The zero-order valence-corrected chi connectivity index (χ0v) is 12.8. The maximum atomic E-state index is 12.2. The largest absolute Gasteiger partial charge is 0.451 e. The van der Waals surface area contributed by atoms with Crippen LogP contribution in [0.3, 0.4) is 0 Å². The van der Waals surface area contributed by atoms with Gasteiger partial charge in [-0.05, 0) is 31.3 Å².